The van der Waals surface area contributed by atoms with Crippen LogP contribution in [0.25, 0.3) is 10.8 Å². The first-order chi connectivity index (χ1) is 13.2. The Morgan fingerprint density at radius 3 is 3.00 bits per heavy atom. The van der Waals surface area contributed by atoms with Crippen LogP contribution in [0.3, 0.4) is 0 Å². The number of rotatable bonds is 6. The summed E-state index contributed by atoms with van der Waals surface area (Å²) >= 11 is 0. The molecule has 0 saturated carbocycles. The fourth-order valence-electron chi connectivity index (χ4n) is 3.09. The average Bonchev–Trinajstić information content (AvgIpc) is 3.19. The molecule has 8 nitrogen and oxygen atoms in total. The largest absolute Gasteiger partial charge is 0.472 e. The highest BCUT2D eigenvalue weighted by Crippen LogP contribution is 2.31. The van der Waals surface area contributed by atoms with Gasteiger partial charge in [0.1, 0.15) is 6.10 Å². The lowest BCUT2D eigenvalue weighted by molar-refractivity contribution is -0.383. The number of nitrogens with one attached hydrogen (secondary N) is 1. The van der Waals surface area contributed by atoms with Crippen LogP contribution >= 0.6 is 0 Å². The number of nitro groups is 1. The fourth-order valence-corrected chi connectivity index (χ4v) is 3.09. The van der Waals surface area contributed by atoms with Crippen molar-refractivity contribution in [1.82, 2.24) is 9.97 Å². The molecule has 0 bridgehead atoms. The van der Waals surface area contributed by atoms with Gasteiger partial charge in [0.15, 0.2) is 0 Å². The molecule has 1 unspecified atom stereocenters. The van der Waals surface area contributed by atoms with Crippen molar-refractivity contribution < 1.29 is 14.4 Å². The normalized spacial score (nSPS) is 16.4. The van der Waals surface area contributed by atoms with E-state index in [1.165, 1.54) is 12.3 Å². The molecule has 1 aromatic carbocycles. The number of pyridine rings is 2. The fraction of sp³-hybridized carbons (Fsp3) is 0.263. The number of non-ortho nitro benzene ring substituents is 1. The number of anilines is 1. The van der Waals surface area contributed by atoms with E-state index in [9.17, 15) is 10.1 Å². The lowest BCUT2D eigenvalue weighted by Gasteiger charge is -2.13. The summed E-state index contributed by atoms with van der Waals surface area (Å²) in [5, 5.41) is 15.8. The molecule has 2 aromatic heterocycles. The lowest BCUT2D eigenvalue weighted by atomic mass is 10.1. The maximum atomic E-state index is 11.2. The summed E-state index contributed by atoms with van der Waals surface area (Å²) in [7, 11) is 0. The predicted octanol–water partition coefficient (Wildman–Crippen LogP) is 3.32. The van der Waals surface area contributed by atoms with Gasteiger partial charge in [-0.2, -0.15) is 0 Å². The first kappa shape index (κ1) is 17.2. The van der Waals surface area contributed by atoms with Crippen LogP contribution in [0, 0.1) is 10.1 Å². The Bertz CT molecular complexity index is 973. The van der Waals surface area contributed by atoms with Crippen LogP contribution < -0.4 is 10.1 Å². The molecule has 0 radical (unpaired) electrons. The molecule has 4 rings (SSSR count). The minimum Gasteiger partial charge on any atom is -0.472 e. The lowest BCUT2D eigenvalue weighted by Crippen LogP contribution is -2.16. The van der Waals surface area contributed by atoms with E-state index < -0.39 is 4.92 Å². The topological polar surface area (TPSA) is 99.4 Å². The van der Waals surface area contributed by atoms with Gasteiger partial charge in [-0.05, 0) is 23.8 Å². The molecule has 1 aliphatic rings. The molecule has 138 valence electrons. The van der Waals surface area contributed by atoms with Gasteiger partial charge in [-0.15, -0.1) is 0 Å². The van der Waals surface area contributed by atoms with E-state index in [0.717, 1.165) is 23.1 Å². The number of ether oxygens (including phenoxy) is 2. The van der Waals surface area contributed by atoms with Gasteiger partial charge in [-0.25, -0.2) is 4.98 Å². The smallest absolute Gasteiger partial charge is 0.278 e. The second kappa shape index (κ2) is 7.55. The highest BCUT2D eigenvalue weighted by atomic mass is 16.6. The van der Waals surface area contributed by atoms with Crippen molar-refractivity contribution in [2.45, 2.75) is 19.1 Å². The number of hydrogen-bond donors (Lipinski definition) is 1. The molecule has 1 fully saturated rings. The van der Waals surface area contributed by atoms with E-state index in [0.29, 0.717) is 31.0 Å². The van der Waals surface area contributed by atoms with Crippen LogP contribution in [0.15, 0.2) is 48.9 Å². The summed E-state index contributed by atoms with van der Waals surface area (Å²) < 4.78 is 11.1. The molecule has 0 amide bonds. The quantitative estimate of drug-likeness (QED) is 0.528. The Morgan fingerprint density at radius 2 is 2.19 bits per heavy atom. The molecule has 27 heavy (non-hydrogen) atoms. The maximum Gasteiger partial charge on any atom is 0.278 e. The number of benzene rings is 1. The van der Waals surface area contributed by atoms with Crippen molar-refractivity contribution in [3.05, 3.63) is 64.6 Å². The standard InChI is InChI=1S/C19H18N4O4/c24-23(25)18-2-1-17(15-4-6-20-11-16(15)18)22-10-13-3-7-21-19(9-13)27-14-5-8-26-12-14/h1-4,6-7,9,11,14,22H,5,8,10,12H2. The van der Waals surface area contributed by atoms with E-state index in [1.807, 2.05) is 12.1 Å². The zero-order valence-corrected chi connectivity index (χ0v) is 14.5. The van der Waals surface area contributed by atoms with Gasteiger partial charge in [0, 0.05) is 54.8 Å². The van der Waals surface area contributed by atoms with Gasteiger partial charge >= 0.3 is 0 Å². The molecule has 3 heterocycles. The molecule has 0 spiro atoms. The van der Waals surface area contributed by atoms with Crippen molar-refractivity contribution in [3.63, 3.8) is 0 Å². The summed E-state index contributed by atoms with van der Waals surface area (Å²) in [5.41, 5.74) is 1.85. The van der Waals surface area contributed by atoms with Crippen molar-refractivity contribution in [1.29, 1.82) is 0 Å². The Kier molecular flexibility index (Phi) is 4.80. The van der Waals surface area contributed by atoms with E-state index in [4.69, 9.17) is 9.47 Å². The van der Waals surface area contributed by atoms with Crippen molar-refractivity contribution in [3.8, 4) is 5.88 Å². The van der Waals surface area contributed by atoms with Crippen molar-refractivity contribution >= 4 is 22.1 Å². The molecular formula is C19H18N4O4. The van der Waals surface area contributed by atoms with E-state index in [-0.39, 0.29) is 11.8 Å². The predicted molar refractivity (Wildman–Crippen MR) is 99.8 cm³/mol. The van der Waals surface area contributed by atoms with E-state index >= 15 is 0 Å². The zero-order valence-electron chi connectivity index (χ0n) is 14.5. The molecule has 1 aliphatic heterocycles. The Morgan fingerprint density at radius 1 is 1.26 bits per heavy atom. The number of aromatic nitrogens is 2. The minimum absolute atomic E-state index is 0.0435. The average molecular weight is 366 g/mol. The van der Waals surface area contributed by atoms with E-state index in [2.05, 4.69) is 15.3 Å². The second-order valence-corrected chi connectivity index (χ2v) is 6.27. The highest BCUT2D eigenvalue weighted by Gasteiger charge is 2.18. The summed E-state index contributed by atoms with van der Waals surface area (Å²) in [6, 6.07) is 8.77. The maximum absolute atomic E-state index is 11.2. The number of fused-ring (bicyclic) bond motifs is 1. The van der Waals surface area contributed by atoms with Crippen molar-refractivity contribution in [2.75, 3.05) is 18.5 Å². The van der Waals surface area contributed by atoms with Gasteiger partial charge in [-0.3, -0.25) is 15.1 Å². The second-order valence-electron chi connectivity index (χ2n) is 6.27. The summed E-state index contributed by atoms with van der Waals surface area (Å²) in [6.45, 7) is 1.84. The third-order valence-corrected chi connectivity index (χ3v) is 4.45. The first-order valence-corrected chi connectivity index (χ1v) is 8.65. The molecular weight excluding hydrogens is 348 g/mol. The third kappa shape index (κ3) is 3.80. The SMILES string of the molecule is O=[N+]([O-])c1ccc(NCc2ccnc(OC3CCOC3)c2)c2ccncc12. The third-order valence-electron chi connectivity index (χ3n) is 4.45. The van der Waals surface area contributed by atoms with Gasteiger partial charge in [0.2, 0.25) is 5.88 Å². The number of hydrogen-bond acceptors (Lipinski definition) is 7. The number of nitro benzene ring substituents is 1. The van der Waals surface area contributed by atoms with Crippen LogP contribution in [-0.4, -0.2) is 34.2 Å². The van der Waals surface area contributed by atoms with Crippen LogP contribution in [0.5, 0.6) is 5.88 Å². The first-order valence-electron chi connectivity index (χ1n) is 8.65. The summed E-state index contributed by atoms with van der Waals surface area (Å²) in [5.74, 6) is 0.572. The van der Waals surface area contributed by atoms with Crippen molar-refractivity contribution in [2.24, 2.45) is 0 Å². The highest BCUT2D eigenvalue weighted by molar-refractivity contribution is 5.99. The monoisotopic (exact) mass is 366 g/mol. The molecule has 1 atom stereocenters. The summed E-state index contributed by atoms with van der Waals surface area (Å²) in [4.78, 5) is 19.1. The molecule has 8 heteroatoms. The van der Waals surface area contributed by atoms with Crippen LogP contribution in [-0.2, 0) is 11.3 Å². The van der Waals surface area contributed by atoms with Gasteiger partial charge in [0.25, 0.3) is 5.69 Å². The molecule has 1 saturated heterocycles. The number of nitrogens with zero attached hydrogens (tertiary/aromatic N) is 3. The minimum atomic E-state index is -0.396. The molecule has 3 aromatic rings. The Labute approximate surface area is 155 Å². The van der Waals surface area contributed by atoms with Gasteiger partial charge in [-0.1, -0.05) is 0 Å². The zero-order chi connectivity index (χ0) is 18.6. The van der Waals surface area contributed by atoms with Crippen LogP contribution in [0.1, 0.15) is 12.0 Å². The summed E-state index contributed by atoms with van der Waals surface area (Å²) in [6.07, 6.45) is 5.76. The Balaban J connectivity index is 1.52. The Hall–Kier alpha value is -3.26. The van der Waals surface area contributed by atoms with E-state index in [1.54, 1.807) is 24.5 Å². The van der Waals surface area contributed by atoms with Crippen LogP contribution in [0.4, 0.5) is 11.4 Å². The van der Waals surface area contributed by atoms with Gasteiger partial charge < -0.3 is 14.8 Å². The van der Waals surface area contributed by atoms with Gasteiger partial charge in [0.05, 0.1) is 23.5 Å². The van der Waals surface area contributed by atoms with Crippen LogP contribution in [0.2, 0.25) is 0 Å². The molecule has 1 N–H and O–H groups in total. The molecule has 0 aliphatic carbocycles.